The number of carbonyl (C=O) groups excluding carboxylic acids is 1. The maximum absolute atomic E-state index is 11.7. The average molecular weight is 168 g/mol. The summed E-state index contributed by atoms with van der Waals surface area (Å²) in [6.45, 7) is 6.14. The Balaban J connectivity index is 2.11. The Morgan fingerprint density at radius 2 is 2.25 bits per heavy atom. The van der Waals surface area contributed by atoms with E-state index in [1.165, 1.54) is 6.42 Å². The van der Waals surface area contributed by atoms with E-state index in [9.17, 15) is 4.79 Å². The minimum Gasteiger partial charge on any atom is -0.326 e. The minimum absolute atomic E-state index is 0.229. The molecule has 12 heavy (non-hydrogen) atoms. The molecule has 3 heteroatoms. The van der Waals surface area contributed by atoms with Gasteiger partial charge in [0.15, 0.2) is 0 Å². The Hall–Kier alpha value is -0.570. The summed E-state index contributed by atoms with van der Waals surface area (Å²) in [6, 6.07) is 0.593. The van der Waals surface area contributed by atoms with Crippen LogP contribution in [0.3, 0.4) is 0 Å². The highest BCUT2D eigenvalue weighted by Crippen LogP contribution is 2.26. The van der Waals surface area contributed by atoms with Crippen LogP contribution in [-0.2, 0) is 4.79 Å². The van der Waals surface area contributed by atoms with Crippen LogP contribution < -0.4 is 0 Å². The molecule has 1 unspecified atom stereocenters. The first-order valence-electron chi connectivity index (χ1n) is 4.74. The normalized spacial score (nSPS) is 30.4. The molecule has 1 amide bonds. The summed E-state index contributed by atoms with van der Waals surface area (Å²) in [6.07, 6.45) is 2.27. The number of hydrogen-bond acceptors (Lipinski definition) is 2. The molecule has 2 aliphatic rings. The van der Waals surface area contributed by atoms with Gasteiger partial charge in [0.25, 0.3) is 0 Å². The highest BCUT2D eigenvalue weighted by Gasteiger charge is 2.41. The molecule has 2 heterocycles. The van der Waals surface area contributed by atoms with Gasteiger partial charge in [-0.2, -0.15) is 0 Å². The Labute approximate surface area is 73.3 Å². The monoisotopic (exact) mass is 168 g/mol. The fraction of sp³-hybridized carbons (Fsp3) is 0.889. The van der Waals surface area contributed by atoms with Gasteiger partial charge in [-0.1, -0.05) is 0 Å². The molecule has 0 aliphatic carbocycles. The van der Waals surface area contributed by atoms with E-state index in [4.69, 9.17) is 0 Å². The van der Waals surface area contributed by atoms with Gasteiger partial charge in [0.05, 0.1) is 12.7 Å². The van der Waals surface area contributed by atoms with Crippen LogP contribution in [0.15, 0.2) is 0 Å². The fourth-order valence-corrected chi connectivity index (χ4v) is 2.15. The van der Waals surface area contributed by atoms with Gasteiger partial charge < -0.3 is 4.90 Å². The van der Waals surface area contributed by atoms with Crippen molar-refractivity contribution in [1.29, 1.82) is 0 Å². The molecule has 0 bridgehead atoms. The van der Waals surface area contributed by atoms with Gasteiger partial charge >= 0.3 is 0 Å². The van der Waals surface area contributed by atoms with Crippen molar-refractivity contribution in [2.75, 3.05) is 13.2 Å². The predicted molar refractivity (Wildman–Crippen MR) is 46.6 cm³/mol. The van der Waals surface area contributed by atoms with E-state index in [1.807, 2.05) is 4.90 Å². The Morgan fingerprint density at radius 3 is 2.83 bits per heavy atom. The summed E-state index contributed by atoms with van der Waals surface area (Å²) in [5.41, 5.74) is 0. The van der Waals surface area contributed by atoms with Gasteiger partial charge in [-0.15, -0.1) is 0 Å². The number of rotatable bonds is 1. The third kappa shape index (κ3) is 1.04. The summed E-state index contributed by atoms with van der Waals surface area (Å²) >= 11 is 0. The van der Waals surface area contributed by atoms with Crippen molar-refractivity contribution in [2.24, 2.45) is 0 Å². The fourth-order valence-electron chi connectivity index (χ4n) is 2.15. The van der Waals surface area contributed by atoms with Crippen LogP contribution in [0.4, 0.5) is 0 Å². The lowest BCUT2D eigenvalue weighted by atomic mass is 10.2. The first kappa shape index (κ1) is 8.05. The van der Waals surface area contributed by atoms with Gasteiger partial charge in [-0.3, -0.25) is 9.69 Å². The molecule has 2 rings (SSSR count). The van der Waals surface area contributed by atoms with Crippen LogP contribution >= 0.6 is 0 Å². The van der Waals surface area contributed by atoms with E-state index < -0.39 is 0 Å². The molecule has 0 aromatic heterocycles. The zero-order chi connectivity index (χ0) is 8.72. The summed E-state index contributed by atoms with van der Waals surface area (Å²) in [7, 11) is 0. The summed E-state index contributed by atoms with van der Waals surface area (Å²) in [5, 5.41) is 0. The van der Waals surface area contributed by atoms with Crippen LogP contribution in [0.5, 0.6) is 0 Å². The maximum atomic E-state index is 11.7. The highest BCUT2D eigenvalue weighted by atomic mass is 16.2. The van der Waals surface area contributed by atoms with Crippen molar-refractivity contribution < 1.29 is 4.79 Å². The SMILES string of the molecule is CC(C)N1CN2CCCC2C1=O. The topological polar surface area (TPSA) is 23.6 Å². The van der Waals surface area contributed by atoms with E-state index in [0.29, 0.717) is 11.9 Å². The van der Waals surface area contributed by atoms with Crippen molar-refractivity contribution in [3.05, 3.63) is 0 Å². The molecule has 0 aromatic carbocycles. The molecule has 0 saturated carbocycles. The molecule has 2 aliphatic heterocycles. The smallest absolute Gasteiger partial charge is 0.241 e. The molecule has 3 nitrogen and oxygen atoms in total. The largest absolute Gasteiger partial charge is 0.326 e. The van der Waals surface area contributed by atoms with Gasteiger partial charge in [0.2, 0.25) is 5.91 Å². The second-order valence-corrected chi connectivity index (χ2v) is 4.01. The summed E-state index contributed by atoms with van der Waals surface area (Å²) in [5.74, 6) is 0.350. The molecule has 0 spiro atoms. The number of carbonyl (C=O) groups is 1. The molecule has 1 atom stereocenters. The third-order valence-electron chi connectivity index (χ3n) is 2.89. The van der Waals surface area contributed by atoms with Crippen LogP contribution in [0, 0.1) is 0 Å². The van der Waals surface area contributed by atoms with E-state index >= 15 is 0 Å². The Morgan fingerprint density at radius 1 is 1.50 bits per heavy atom. The average Bonchev–Trinajstić information content (AvgIpc) is 2.53. The van der Waals surface area contributed by atoms with E-state index in [1.54, 1.807) is 0 Å². The van der Waals surface area contributed by atoms with Gasteiger partial charge in [-0.25, -0.2) is 0 Å². The number of fused-ring (bicyclic) bond motifs is 1. The van der Waals surface area contributed by atoms with Crippen molar-refractivity contribution in [3.8, 4) is 0 Å². The standard InChI is InChI=1S/C9H16N2O/c1-7(2)11-6-10-5-3-4-8(10)9(11)12/h7-8H,3-6H2,1-2H3. The quantitative estimate of drug-likeness (QED) is 0.574. The van der Waals surface area contributed by atoms with E-state index in [0.717, 1.165) is 19.6 Å². The summed E-state index contributed by atoms with van der Waals surface area (Å²) < 4.78 is 0. The lowest BCUT2D eigenvalue weighted by Crippen LogP contribution is -2.35. The van der Waals surface area contributed by atoms with E-state index in [2.05, 4.69) is 18.7 Å². The molecule has 0 aromatic rings. The number of hydrogen-bond donors (Lipinski definition) is 0. The summed E-state index contributed by atoms with van der Waals surface area (Å²) in [4.78, 5) is 16.0. The first-order valence-corrected chi connectivity index (χ1v) is 4.74. The van der Waals surface area contributed by atoms with Gasteiger partial charge in [0.1, 0.15) is 0 Å². The predicted octanol–water partition coefficient (Wildman–Crippen LogP) is 0.659. The van der Waals surface area contributed by atoms with Crippen LogP contribution in [0.1, 0.15) is 26.7 Å². The maximum Gasteiger partial charge on any atom is 0.241 e. The zero-order valence-corrected chi connectivity index (χ0v) is 7.79. The molecule has 68 valence electrons. The Kier molecular flexibility index (Phi) is 1.83. The number of nitrogens with zero attached hydrogens (tertiary/aromatic N) is 2. The number of amides is 1. The Bertz CT molecular complexity index is 203. The third-order valence-corrected chi connectivity index (χ3v) is 2.89. The molecule has 2 fully saturated rings. The van der Waals surface area contributed by atoms with Crippen molar-refractivity contribution >= 4 is 5.91 Å². The van der Waals surface area contributed by atoms with Crippen molar-refractivity contribution in [2.45, 2.75) is 38.8 Å². The lowest BCUT2D eigenvalue weighted by Gasteiger charge is -2.21. The molecule has 2 saturated heterocycles. The van der Waals surface area contributed by atoms with Gasteiger partial charge in [-0.05, 0) is 26.7 Å². The van der Waals surface area contributed by atoms with Crippen molar-refractivity contribution in [1.82, 2.24) is 9.80 Å². The van der Waals surface area contributed by atoms with Crippen molar-refractivity contribution in [3.63, 3.8) is 0 Å². The second kappa shape index (κ2) is 2.73. The highest BCUT2D eigenvalue weighted by molar-refractivity contribution is 5.84. The second-order valence-electron chi connectivity index (χ2n) is 4.01. The minimum atomic E-state index is 0.229. The first-order chi connectivity index (χ1) is 5.70. The van der Waals surface area contributed by atoms with Gasteiger partial charge in [0, 0.05) is 12.6 Å². The van der Waals surface area contributed by atoms with Crippen LogP contribution in [-0.4, -0.2) is 41.0 Å². The van der Waals surface area contributed by atoms with E-state index in [-0.39, 0.29) is 6.04 Å². The molecular formula is C9H16N2O. The molecule has 0 N–H and O–H groups in total. The van der Waals surface area contributed by atoms with Crippen LogP contribution in [0.2, 0.25) is 0 Å². The van der Waals surface area contributed by atoms with Crippen LogP contribution in [0.25, 0.3) is 0 Å². The zero-order valence-electron chi connectivity index (χ0n) is 7.79. The lowest BCUT2D eigenvalue weighted by molar-refractivity contribution is -0.130. The molecule has 0 radical (unpaired) electrons. The molecular weight excluding hydrogens is 152 g/mol.